The number of amides is 1. The average Bonchev–Trinajstić information content (AvgIpc) is 3.42. The van der Waals surface area contributed by atoms with Crippen LogP contribution in [0.15, 0.2) is 59.5 Å². The van der Waals surface area contributed by atoms with Crippen molar-refractivity contribution in [2.75, 3.05) is 25.0 Å². The third-order valence-electron chi connectivity index (χ3n) is 4.90. The Kier molecular flexibility index (Phi) is 5.56. The molecular weight excluding hydrogens is 406 g/mol. The van der Waals surface area contributed by atoms with Gasteiger partial charge in [-0.05, 0) is 43.2 Å². The molecule has 0 aliphatic carbocycles. The number of nitrogens with zero attached hydrogens (tertiary/aromatic N) is 1. The number of carbonyl (C=O) groups is 2. The van der Waals surface area contributed by atoms with Crippen LogP contribution in [0.25, 0.3) is 10.9 Å². The molecule has 0 spiro atoms. The Balaban J connectivity index is 1.37. The van der Waals surface area contributed by atoms with E-state index in [1.54, 1.807) is 18.2 Å². The van der Waals surface area contributed by atoms with Crippen LogP contribution in [0.3, 0.4) is 0 Å². The number of anilines is 1. The van der Waals surface area contributed by atoms with Crippen LogP contribution in [0.4, 0.5) is 5.69 Å². The molecule has 1 amide bonds. The maximum atomic E-state index is 12.7. The highest BCUT2D eigenvalue weighted by Gasteiger charge is 2.27. The molecule has 0 unspecified atom stereocenters. The number of benzene rings is 2. The molecule has 0 bridgehead atoms. The second kappa shape index (κ2) is 8.29. The van der Waals surface area contributed by atoms with Gasteiger partial charge in [0.05, 0.1) is 4.90 Å². The lowest BCUT2D eigenvalue weighted by molar-refractivity contribution is -0.119. The molecule has 0 radical (unpaired) electrons. The molecule has 4 rings (SSSR count). The van der Waals surface area contributed by atoms with E-state index in [4.69, 9.17) is 4.74 Å². The summed E-state index contributed by atoms with van der Waals surface area (Å²) < 4.78 is 31.8. The van der Waals surface area contributed by atoms with Crippen molar-refractivity contribution in [1.82, 2.24) is 9.29 Å². The van der Waals surface area contributed by atoms with E-state index in [1.165, 1.54) is 16.4 Å². The van der Waals surface area contributed by atoms with E-state index in [9.17, 15) is 18.0 Å². The van der Waals surface area contributed by atoms with Gasteiger partial charge in [-0.2, -0.15) is 4.31 Å². The van der Waals surface area contributed by atoms with Crippen molar-refractivity contribution in [2.45, 2.75) is 17.7 Å². The predicted octanol–water partition coefficient (Wildman–Crippen LogP) is 2.75. The van der Waals surface area contributed by atoms with E-state index in [1.807, 2.05) is 24.3 Å². The fourth-order valence-corrected chi connectivity index (χ4v) is 4.96. The van der Waals surface area contributed by atoms with Crippen LogP contribution in [0.5, 0.6) is 0 Å². The van der Waals surface area contributed by atoms with Gasteiger partial charge < -0.3 is 15.0 Å². The van der Waals surface area contributed by atoms with Gasteiger partial charge in [0.15, 0.2) is 6.61 Å². The first kappa shape index (κ1) is 20.1. The highest BCUT2D eigenvalue weighted by Crippen LogP contribution is 2.23. The summed E-state index contributed by atoms with van der Waals surface area (Å²) in [6.45, 7) is 0.516. The second-order valence-corrected chi connectivity index (χ2v) is 8.97. The summed E-state index contributed by atoms with van der Waals surface area (Å²) in [5.41, 5.74) is 1.37. The molecule has 1 fully saturated rings. The van der Waals surface area contributed by atoms with Crippen LogP contribution in [-0.4, -0.2) is 49.3 Å². The number of fused-ring (bicyclic) bond motifs is 1. The summed E-state index contributed by atoms with van der Waals surface area (Å²) >= 11 is 0. The van der Waals surface area contributed by atoms with Crippen molar-refractivity contribution in [3.05, 3.63) is 60.3 Å². The van der Waals surface area contributed by atoms with Gasteiger partial charge in [-0.15, -0.1) is 0 Å². The van der Waals surface area contributed by atoms with Crippen molar-refractivity contribution >= 4 is 38.5 Å². The Morgan fingerprint density at radius 1 is 1.03 bits per heavy atom. The van der Waals surface area contributed by atoms with E-state index in [-0.39, 0.29) is 10.6 Å². The van der Waals surface area contributed by atoms with Gasteiger partial charge in [-0.1, -0.05) is 24.3 Å². The molecule has 2 N–H and O–H groups in total. The molecule has 9 heteroatoms. The standard InChI is InChI=1S/C21H21N3O5S/c25-20(14-29-21(26)19-12-15-6-1-2-9-18(15)23-19)22-16-7-5-8-17(13-16)30(27,28)24-10-3-4-11-24/h1-2,5-9,12-13,23H,3-4,10-11,14H2,(H,22,25). The van der Waals surface area contributed by atoms with E-state index < -0.39 is 28.5 Å². The van der Waals surface area contributed by atoms with Crippen LogP contribution in [0.1, 0.15) is 23.3 Å². The lowest BCUT2D eigenvalue weighted by Crippen LogP contribution is -2.28. The Labute approximate surface area is 173 Å². The molecular formula is C21H21N3O5S. The lowest BCUT2D eigenvalue weighted by atomic mass is 10.2. The average molecular weight is 427 g/mol. The molecule has 30 heavy (non-hydrogen) atoms. The minimum absolute atomic E-state index is 0.122. The monoisotopic (exact) mass is 427 g/mol. The summed E-state index contributed by atoms with van der Waals surface area (Å²) in [7, 11) is -3.58. The Morgan fingerprint density at radius 2 is 1.80 bits per heavy atom. The zero-order valence-electron chi connectivity index (χ0n) is 16.1. The third kappa shape index (κ3) is 4.22. The predicted molar refractivity (Wildman–Crippen MR) is 112 cm³/mol. The van der Waals surface area contributed by atoms with Gasteiger partial charge in [0, 0.05) is 29.7 Å². The normalized spacial score (nSPS) is 14.7. The summed E-state index contributed by atoms with van der Waals surface area (Å²) in [5.74, 6) is -1.21. The molecule has 3 aromatic rings. The fourth-order valence-electron chi connectivity index (χ4n) is 3.40. The van der Waals surface area contributed by atoms with E-state index in [0.29, 0.717) is 18.8 Å². The lowest BCUT2D eigenvalue weighted by Gasteiger charge is -2.16. The molecule has 1 aliphatic rings. The number of hydrogen-bond donors (Lipinski definition) is 2. The number of H-pyrrole nitrogens is 1. The van der Waals surface area contributed by atoms with Crippen LogP contribution >= 0.6 is 0 Å². The first-order chi connectivity index (χ1) is 14.4. The number of ether oxygens (including phenoxy) is 1. The molecule has 2 aromatic carbocycles. The number of nitrogens with one attached hydrogen (secondary N) is 2. The van der Waals surface area contributed by atoms with Crippen LogP contribution in [-0.2, 0) is 19.6 Å². The van der Waals surface area contributed by atoms with Crippen molar-refractivity contribution in [3.63, 3.8) is 0 Å². The first-order valence-electron chi connectivity index (χ1n) is 9.58. The molecule has 0 atom stereocenters. The number of aromatic nitrogens is 1. The maximum Gasteiger partial charge on any atom is 0.355 e. The Hall–Kier alpha value is -3.17. The second-order valence-electron chi connectivity index (χ2n) is 7.03. The number of para-hydroxylation sites is 1. The SMILES string of the molecule is O=C(COC(=O)c1cc2ccccc2[nH]1)Nc1cccc(S(=O)(=O)N2CCCC2)c1. The number of hydrogen-bond acceptors (Lipinski definition) is 5. The van der Waals surface area contributed by atoms with Crippen molar-refractivity contribution < 1.29 is 22.7 Å². The van der Waals surface area contributed by atoms with Crippen molar-refractivity contribution in [2.24, 2.45) is 0 Å². The topological polar surface area (TPSA) is 109 Å². The zero-order valence-corrected chi connectivity index (χ0v) is 16.9. The molecule has 8 nitrogen and oxygen atoms in total. The summed E-state index contributed by atoms with van der Waals surface area (Å²) in [4.78, 5) is 27.4. The van der Waals surface area contributed by atoms with Crippen molar-refractivity contribution in [3.8, 4) is 0 Å². The Bertz CT molecular complexity index is 1160. The third-order valence-corrected chi connectivity index (χ3v) is 6.80. The molecule has 1 aliphatic heterocycles. The van der Waals surface area contributed by atoms with Crippen molar-refractivity contribution in [1.29, 1.82) is 0 Å². The molecule has 2 heterocycles. The minimum Gasteiger partial charge on any atom is -0.451 e. The van der Waals surface area contributed by atoms with Gasteiger partial charge in [-0.25, -0.2) is 13.2 Å². The molecule has 0 saturated carbocycles. The number of sulfonamides is 1. The quantitative estimate of drug-likeness (QED) is 0.588. The summed E-state index contributed by atoms with van der Waals surface area (Å²) in [5, 5.41) is 3.43. The smallest absolute Gasteiger partial charge is 0.355 e. The first-order valence-corrected chi connectivity index (χ1v) is 11.0. The molecule has 1 aromatic heterocycles. The van der Waals surface area contributed by atoms with E-state index >= 15 is 0 Å². The minimum atomic E-state index is -3.58. The van der Waals surface area contributed by atoms with E-state index in [2.05, 4.69) is 10.3 Å². The zero-order chi connectivity index (χ0) is 21.1. The number of carbonyl (C=O) groups excluding carboxylic acids is 2. The van der Waals surface area contributed by atoms with Gasteiger partial charge in [0.1, 0.15) is 5.69 Å². The van der Waals surface area contributed by atoms with Crippen LogP contribution in [0, 0.1) is 0 Å². The van der Waals surface area contributed by atoms with Gasteiger partial charge in [0.25, 0.3) is 5.91 Å². The van der Waals surface area contributed by atoms with Gasteiger partial charge in [0.2, 0.25) is 10.0 Å². The Morgan fingerprint density at radius 3 is 2.57 bits per heavy atom. The highest BCUT2D eigenvalue weighted by molar-refractivity contribution is 7.89. The van der Waals surface area contributed by atoms with Gasteiger partial charge in [-0.3, -0.25) is 4.79 Å². The number of esters is 1. The number of rotatable bonds is 6. The largest absolute Gasteiger partial charge is 0.451 e. The molecule has 156 valence electrons. The van der Waals surface area contributed by atoms with Crippen LogP contribution < -0.4 is 5.32 Å². The summed E-state index contributed by atoms with van der Waals surface area (Å²) in [6, 6.07) is 15.1. The number of aromatic amines is 1. The summed E-state index contributed by atoms with van der Waals surface area (Å²) in [6.07, 6.45) is 1.69. The fraction of sp³-hybridized carbons (Fsp3) is 0.238. The molecule has 1 saturated heterocycles. The highest BCUT2D eigenvalue weighted by atomic mass is 32.2. The van der Waals surface area contributed by atoms with E-state index in [0.717, 1.165) is 23.7 Å². The van der Waals surface area contributed by atoms with Gasteiger partial charge >= 0.3 is 5.97 Å². The van der Waals surface area contributed by atoms with Crippen LogP contribution in [0.2, 0.25) is 0 Å². The maximum absolute atomic E-state index is 12.7.